The molecule has 3 nitrogen and oxygen atoms in total. The van der Waals surface area contributed by atoms with Crippen LogP contribution < -0.4 is 11.3 Å². The molecule has 3 atom stereocenters. The van der Waals surface area contributed by atoms with Crippen LogP contribution in [0.5, 0.6) is 0 Å². The molecule has 0 bridgehead atoms. The maximum Gasteiger partial charge on any atom is 0.0469 e. The molecule has 3 N–H and O–H groups in total. The average Bonchev–Trinajstić information content (AvgIpc) is 2.53. The Kier molecular flexibility index (Phi) is 6.02. The van der Waals surface area contributed by atoms with Crippen molar-refractivity contribution in [1.29, 1.82) is 0 Å². The number of nitrogens with two attached hydrogens (primary N) is 1. The number of rotatable bonds is 6. The van der Waals surface area contributed by atoms with E-state index in [-0.39, 0.29) is 0 Å². The van der Waals surface area contributed by atoms with Gasteiger partial charge in [-0.1, -0.05) is 50.6 Å². The van der Waals surface area contributed by atoms with Crippen molar-refractivity contribution >= 4 is 0 Å². The maximum absolute atomic E-state index is 5.94. The van der Waals surface area contributed by atoms with Crippen molar-refractivity contribution in [3.63, 3.8) is 0 Å². The fourth-order valence-electron chi connectivity index (χ4n) is 3.43. The standard InChI is InChI=1S/C17H28N2O/c1-3-13(2)16(14-7-5-4-6-8-14)17(19-18)15-9-11-20-12-10-15/h4-8,13,15-17,19H,3,9-12,18H2,1-2H3. The van der Waals surface area contributed by atoms with E-state index in [1.54, 1.807) is 0 Å². The summed E-state index contributed by atoms with van der Waals surface area (Å²) >= 11 is 0. The highest BCUT2D eigenvalue weighted by Gasteiger charge is 2.33. The van der Waals surface area contributed by atoms with Crippen LogP contribution in [-0.2, 0) is 4.74 Å². The summed E-state index contributed by atoms with van der Waals surface area (Å²) in [5.41, 5.74) is 4.53. The normalized spacial score (nSPS) is 21.4. The lowest BCUT2D eigenvalue weighted by Crippen LogP contribution is -2.48. The predicted octanol–water partition coefficient (Wildman–Crippen LogP) is 3.07. The van der Waals surface area contributed by atoms with Crippen LogP contribution in [0.1, 0.15) is 44.6 Å². The van der Waals surface area contributed by atoms with E-state index in [1.165, 1.54) is 12.0 Å². The van der Waals surface area contributed by atoms with Crippen LogP contribution in [0, 0.1) is 11.8 Å². The van der Waals surface area contributed by atoms with E-state index < -0.39 is 0 Å². The van der Waals surface area contributed by atoms with Gasteiger partial charge in [-0.3, -0.25) is 11.3 Å². The average molecular weight is 276 g/mol. The molecule has 1 aromatic rings. The van der Waals surface area contributed by atoms with Gasteiger partial charge >= 0.3 is 0 Å². The van der Waals surface area contributed by atoms with Crippen molar-refractivity contribution in [2.75, 3.05) is 13.2 Å². The van der Waals surface area contributed by atoms with E-state index in [0.717, 1.165) is 26.1 Å². The first-order valence-electron chi connectivity index (χ1n) is 7.86. The van der Waals surface area contributed by atoms with E-state index in [0.29, 0.717) is 23.8 Å². The molecule has 0 aliphatic carbocycles. The minimum absolute atomic E-state index is 0.330. The monoisotopic (exact) mass is 276 g/mol. The number of ether oxygens (including phenoxy) is 1. The molecule has 0 saturated carbocycles. The number of nitrogens with one attached hydrogen (secondary N) is 1. The Labute approximate surface area is 122 Å². The SMILES string of the molecule is CCC(C)C(c1ccccc1)C(NN)C1CCOCC1. The van der Waals surface area contributed by atoms with Gasteiger partial charge in [0.05, 0.1) is 0 Å². The third-order valence-corrected chi connectivity index (χ3v) is 4.79. The Hall–Kier alpha value is -0.900. The van der Waals surface area contributed by atoms with Gasteiger partial charge in [-0.15, -0.1) is 0 Å². The summed E-state index contributed by atoms with van der Waals surface area (Å²) in [6.45, 7) is 6.33. The Balaban J connectivity index is 2.23. The molecule has 1 aliphatic heterocycles. The van der Waals surface area contributed by atoms with E-state index in [9.17, 15) is 0 Å². The largest absolute Gasteiger partial charge is 0.381 e. The van der Waals surface area contributed by atoms with Crippen molar-refractivity contribution in [2.45, 2.75) is 45.1 Å². The third kappa shape index (κ3) is 3.60. The summed E-state index contributed by atoms with van der Waals surface area (Å²) in [6.07, 6.45) is 3.38. The molecule has 0 radical (unpaired) electrons. The first-order chi connectivity index (χ1) is 9.77. The molecule has 3 unspecified atom stereocenters. The Morgan fingerprint density at radius 1 is 1.25 bits per heavy atom. The fraction of sp³-hybridized carbons (Fsp3) is 0.647. The quantitative estimate of drug-likeness (QED) is 0.620. The van der Waals surface area contributed by atoms with Crippen LogP contribution in [0.15, 0.2) is 30.3 Å². The lowest BCUT2D eigenvalue weighted by Gasteiger charge is -2.38. The molecule has 1 heterocycles. The van der Waals surface area contributed by atoms with Gasteiger partial charge in [-0.2, -0.15) is 0 Å². The number of hydrogen-bond donors (Lipinski definition) is 2. The molecular formula is C17H28N2O. The Morgan fingerprint density at radius 3 is 2.45 bits per heavy atom. The smallest absolute Gasteiger partial charge is 0.0469 e. The zero-order valence-corrected chi connectivity index (χ0v) is 12.7. The van der Waals surface area contributed by atoms with E-state index in [4.69, 9.17) is 10.6 Å². The number of hydrogen-bond acceptors (Lipinski definition) is 3. The van der Waals surface area contributed by atoms with Crippen LogP contribution in [0.4, 0.5) is 0 Å². The Bertz CT molecular complexity index is 376. The molecular weight excluding hydrogens is 248 g/mol. The minimum Gasteiger partial charge on any atom is -0.381 e. The zero-order valence-electron chi connectivity index (χ0n) is 12.7. The lowest BCUT2D eigenvalue weighted by atomic mass is 9.74. The van der Waals surface area contributed by atoms with Crippen LogP contribution in [0.3, 0.4) is 0 Å². The molecule has 0 spiro atoms. The van der Waals surface area contributed by atoms with Gasteiger partial charge < -0.3 is 4.74 Å². The predicted molar refractivity (Wildman–Crippen MR) is 83.3 cm³/mol. The summed E-state index contributed by atoms with van der Waals surface area (Å²) in [6, 6.07) is 11.1. The topological polar surface area (TPSA) is 47.3 Å². The summed E-state index contributed by atoms with van der Waals surface area (Å²) in [7, 11) is 0. The Morgan fingerprint density at radius 2 is 1.90 bits per heavy atom. The third-order valence-electron chi connectivity index (χ3n) is 4.79. The van der Waals surface area contributed by atoms with E-state index in [2.05, 4.69) is 49.6 Å². The number of benzene rings is 1. The number of hydrazine groups is 1. The van der Waals surface area contributed by atoms with Gasteiger partial charge in [0.2, 0.25) is 0 Å². The van der Waals surface area contributed by atoms with Crippen molar-refractivity contribution in [1.82, 2.24) is 5.43 Å². The van der Waals surface area contributed by atoms with Gasteiger partial charge in [0.25, 0.3) is 0 Å². The van der Waals surface area contributed by atoms with E-state index in [1.807, 2.05) is 0 Å². The zero-order chi connectivity index (χ0) is 14.4. The van der Waals surface area contributed by atoms with Crippen molar-refractivity contribution < 1.29 is 4.74 Å². The summed E-state index contributed by atoms with van der Waals surface area (Å²) < 4.78 is 5.50. The van der Waals surface area contributed by atoms with Gasteiger partial charge in [0, 0.05) is 25.2 Å². The van der Waals surface area contributed by atoms with Crippen LogP contribution in [0.2, 0.25) is 0 Å². The van der Waals surface area contributed by atoms with Gasteiger partial charge in [0.15, 0.2) is 0 Å². The molecule has 1 aliphatic rings. The molecule has 112 valence electrons. The summed E-state index contributed by atoms with van der Waals surface area (Å²) in [5, 5.41) is 0. The van der Waals surface area contributed by atoms with E-state index >= 15 is 0 Å². The first-order valence-corrected chi connectivity index (χ1v) is 7.86. The minimum atomic E-state index is 0.330. The second kappa shape index (κ2) is 7.77. The summed E-state index contributed by atoms with van der Waals surface area (Å²) in [4.78, 5) is 0. The van der Waals surface area contributed by atoms with Crippen LogP contribution in [-0.4, -0.2) is 19.3 Å². The molecule has 2 rings (SSSR count). The highest BCUT2D eigenvalue weighted by molar-refractivity contribution is 5.22. The van der Waals surface area contributed by atoms with Crippen molar-refractivity contribution in [3.8, 4) is 0 Å². The molecule has 3 heteroatoms. The molecule has 0 aromatic heterocycles. The summed E-state index contributed by atoms with van der Waals surface area (Å²) in [5.74, 6) is 7.63. The van der Waals surface area contributed by atoms with Gasteiger partial charge in [0.1, 0.15) is 0 Å². The first kappa shape index (κ1) is 15.5. The van der Waals surface area contributed by atoms with Crippen LogP contribution >= 0.6 is 0 Å². The lowest BCUT2D eigenvalue weighted by molar-refractivity contribution is 0.0464. The molecule has 1 aromatic carbocycles. The van der Waals surface area contributed by atoms with Crippen molar-refractivity contribution in [3.05, 3.63) is 35.9 Å². The second-order valence-corrected chi connectivity index (χ2v) is 5.96. The molecule has 1 fully saturated rings. The second-order valence-electron chi connectivity index (χ2n) is 5.96. The van der Waals surface area contributed by atoms with Crippen molar-refractivity contribution in [2.24, 2.45) is 17.7 Å². The maximum atomic E-state index is 5.94. The molecule has 1 saturated heterocycles. The molecule has 20 heavy (non-hydrogen) atoms. The van der Waals surface area contributed by atoms with Gasteiger partial charge in [-0.05, 0) is 30.2 Å². The highest BCUT2D eigenvalue weighted by atomic mass is 16.5. The van der Waals surface area contributed by atoms with Gasteiger partial charge in [-0.25, -0.2) is 0 Å². The fourth-order valence-corrected chi connectivity index (χ4v) is 3.43. The van der Waals surface area contributed by atoms with Crippen LogP contribution in [0.25, 0.3) is 0 Å². The molecule has 0 amide bonds. The highest BCUT2D eigenvalue weighted by Crippen LogP contribution is 2.36.